The van der Waals surface area contributed by atoms with Crippen molar-refractivity contribution in [3.8, 4) is 17.4 Å². The first-order chi connectivity index (χ1) is 7.30. The van der Waals surface area contributed by atoms with Gasteiger partial charge in [-0.25, -0.2) is 0 Å². The molecule has 0 radical (unpaired) electrons. The predicted molar refractivity (Wildman–Crippen MR) is 53.6 cm³/mol. The molecule has 15 heavy (non-hydrogen) atoms. The molecule has 1 aromatic rings. The summed E-state index contributed by atoms with van der Waals surface area (Å²) in [4.78, 5) is 11.7. The van der Waals surface area contributed by atoms with E-state index in [0.717, 1.165) is 11.8 Å². The normalized spacial score (nSPS) is 9.40. The number of nitrogens with zero attached hydrogens (tertiary/aromatic N) is 4. The van der Waals surface area contributed by atoms with Crippen molar-refractivity contribution < 1.29 is 9.47 Å². The minimum absolute atomic E-state index is 0.175. The van der Waals surface area contributed by atoms with Crippen molar-refractivity contribution in [3.05, 3.63) is 0 Å². The molecule has 0 amide bonds. The van der Waals surface area contributed by atoms with Crippen molar-refractivity contribution in [2.75, 3.05) is 13.2 Å². The molecule has 0 N–H and O–H groups in total. The number of hydrogen-bond acceptors (Lipinski definition) is 7. The highest BCUT2D eigenvalue weighted by molar-refractivity contribution is 8.03. The largest absolute Gasteiger partial charge is 0.464 e. The van der Waals surface area contributed by atoms with E-state index in [-0.39, 0.29) is 17.2 Å². The first-order valence-electron chi connectivity index (χ1n) is 4.37. The second-order valence-corrected chi connectivity index (χ2v) is 2.99. The van der Waals surface area contributed by atoms with Crippen LogP contribution in [0.5, 0.6) is 12.0 Å². The van der Waals surface area contributed by atoms with E-state index in [1.165, 1.54) is 0 Å². The van der Waals surface area contributed by atoms with Gasteiger partial charge in [0.15, 0.2) is 0 Å². The summed E-state index contributed by atoms with van der Waals surface area (Å²) in [6.07, 6.45) is 0. The number of rotatable bonds is 5. The zero-order valence-corrected chi connectivity index (χ0v) is 9.24. The van der Waals surface area contributed by atoms with Crippen LogP contribution in [0.1, 0.15) is 13.8 Å². The topological polar surface area (TPSA) is 80.9 Å². The van der Waals surface area contributed by atoms with Gasteiger partial charge in [-0.1, -0.05) is 0 Å². The first kappa shape index (κ1) is 11.5. The van der Waals surface area contributed by atoms with Gasteiger partial charge in [-0.2, -0.15) is 15.2 Å². The fourth-order valence-corrected chi connectivity index (χ4v) is 1.12. The average molecular weight is 226 g/mol. The third-order valence-electron chi connectivity index (χ3n) is 1.26. The smallest absolute Gasteiger partial charge is 0.323 e. The molecule has 0 fully saturated rings. The van der Waals surface area contributed by atoms with Gasteiger partial charge < -0.3 is 9.47 Å². The number of nitriles is 1. The van der Waals surface area contributed by atoms with Crippen LogP contribution in [-0.4, -0.2) is 28.2 Å². The lowest BCUT2D eigenvalue weighted by molar-refractivity contribution is 0.273. The highest BCUT2D eigenvalue weighted by atomic mass is 32.2. The summed E-state index contributed by atoms with van der Waals surface area (Å²) in [5.41, 5.74) is 0. The fourth-order valence-electron chi connectivity index (χ4n) is 0.794. The van der Waals surface area contributed by atoms with Gasteiger partial charge in [0.05, 0.1) is 13.2 Å². The molecule has 0 aromatic carbocycles. The van der Waals surface area contributed by atoms with Crippen LogP contribution in [0.4, 0.5) is 0 Å². The zero-order chi connectivity index (χ0) is 11.1. The Kier molecular flexibility index (Phi) is 4.63. The number of hydrogen-bond donors (Lipinski definition) is 0. The molecule has 1 aromatic heterocycles. The van der Waals surface area contributed by atoms with Gasteiger partial charge in [-0.15, -0.1) is 4.98 Å². The summed E-state index contributed by atoms with van der Waals surface area (Å²) in [6.45, 7) is 4.54. The van der Waals surface area contributed by atoms with Crippen molar-refractivity contribution in [1.29, 1.82) is 5.26 Å². The maximum atomic E-state index is 8.49. The van der Waals surface area contributed by atoms with Crippen LogP contribution in [0.25, 0.3) is 0 Å². The monoisotopic (exact) mass is 226 g/mol. The van der Waals surface area contributed by atoms with Gasteiger partial charge in [0, 0.05) is 11.8 Å². The van der Waals surface area contributed by atoms with Crippen LogP contribution >= 0.6 is 11.8 Å². The number of ether oxygens (including phenoxy) is 2. The van der Waals surface area contributed by atoms with Gasteiger partial charge in [0.25, 0.3) is 0 Å². The van der Waals surface area contributed by atoms with Crippen LogP contribution in [0.3, 0.4) is 0 Å². The summed E-state index contributed by atoms with van der Waals surface area (Å²) in [5, 5.41) is 10.6. The Morgan fingerprint density at radius 2 is 1.67 bits per heavy atom. The molecule has 0 bridgehead atoms. The lowest BCUT2D eigenvalue weighted by atomic mass is 10.8. The van der Waals surface area contributed by atoms with E-state index in [4.69, 9.17) is 14.7 Å². The minimum atomic E-state index is 0.175. The second-order valence-electron chi connectivity index (χ2n) is 2.24. The van der Waals surface area contributed by atoms with Crippen LogP contribution in [0.2, 0.25) is 0 Å². The SMILES string of the molecule is CCOc1nc(OCC)nc(SC#N)n1. The molecule has 0 aliphatic carbocycles. The second kappa shape index (κ2) is 6.03. The lowest BCUT2D eigenvalue weighted by Crippen LogP contribution is -2.04. The van der Waals surface area contributed by atoms with E-state index in [1.54, 1.807) is 0 Å². The highest BCUT2D eigenvalue weighted by Crippen LogP contribution is 2.17. The Morgan fingerprint density at radius 1 is 1.13 bits per heavy atom. The van der Waals surface area contributed by atoms with Crippen molar-refractivity contribution >= 4 is 11.8 Å². The third-order valence-corrected chi connectivity index (χ3v) is 1.71. The molecule has 0 atom stereocenters. The van der Waals surface area contributed by atoms with Gasteiger partial charge in [0.1, 0.15) is 5.40 Å². The molecule has 1 rings (SSSR count). The van der Waals surface area contributed by atoms with Crippen LogP contribution in [-0.2, 0) is 0 Å². The Morgan fingerprint density at radius 3 is 2.07 bits per heavy atom. The van der Waals surface area contributed by atoms with Crippen molar-refractivity contribution in [2.24, 2.45) is 0 Å². The molecule has 0 aliphatic rings. The Bertz CT molecular complexity index is 342. The Hall–Kier alpha value is -1.55. The van der Waals surface area contributed by atoms with Crippen molar-refractivity contribution in [2.45, 2.75) is 19.0 Å². The predicted octanol–water partition coefficient (Wildman–Crippen LogP) is 1.24. The third kappa shape index (κ3) is 3.59. The number of thioether (sulfide) groups is 1. The van der Waals surface area contributed by atoms with E-state index in [2.05, 4.69) is 15.0 Å². The first-order valence-corrected chi connectivity index (χ1v) is 5.19. The summed E-state index contributed by atoms with van der Waals surface area (Å²) < 4.78 is 10.2. The molecule has 1 heterocycles. The number of aromatic nitrogens is 3. The summed E-state index contributed by atoms with van der Waals surface area (Å²) in [7, 11) is 0. The Balaban J connectivity index is 2.92. The molecule has 80 valence electrons. The lowest BCUT2D eigenvalue weighted by Gasteiger charge is -2.04. The molecule has 0 spiro atoms. The minimum Gasteiger partial charge on any atom is -0.464 e. The fraction of sp³-hybridized carbons (Fsp3) is 0.500. The van der Waals surface area contributed by atoms with E-state index in [0.29, 0.717) is 13.2 Å². The molecule has 0 saturated heterocycles. The number of thiocyanates is 1. The quantitative estimate of drug-likeness (QED) is 0.551. The summed E-state index contributed by atoms with van der Waals surface area (Å²) in [6, 6.07) is 0.349. The van der Waals surface area contributed by atoms with Gasteiger partial charge in [-0.3, -0.25) is 0 Å². The maximum Gasteiger partial charge on any atom is 0.323 e. The van der Waals surface area contributed by atoms with E-state index < -0.39 is 0 Å². The van der Waals surface area contributed by atoms with Crippen LogP contribution < -0.4 is 9.47 Å². The summed E-state index contributed by atoms with van der Waals surface area (Å²) in [5.74, 6) is 0. The van der Waals surface area contributed by atoms with E-state index in [1.807, 2.05) is 19.2 Å². The molecule has 7 heteroatoms. The van der Waals surface area contributed by atoms with Gasteiger partial charge >= 0.3 is 12.0 Å². The maximum absolute atomic E-state index is 8.49. The zero-order valence-electron chi connectivity index (χ0n) is 8.43. The van der Waals surface area contributed by atoms with Crippen LogP contribution in [0.15, 0.2) is 5.16 Å². The standard InChI is InChI=1S/C8H10N4O2S/c1-3-13-6-10-7(14-4-2)12-8(11-6)15-5-9/h3-4H2,1-2H3. The molecule has 0 aliphatic heterocycles. The van der Waals surface area contributed by atoms with Crippen molar-refractivity contribution in [3.63, 3.8) is 0 Å². The van der Waals surface area contributed by atoms with Gasteiger partial charge in [-0.05, 0) is 13.8 Å². The summed E-state index contributed by atoms with van der Waals surface area (Å²) >= 11 is 0.839. The molecule has 0 unspecified atom stereocenters. The van der Waals surface area contributed by atoms with Crippen molar-refractivity contribution in [1.82, 2.24) is 15.0 Å². The molecular formula is C8H10N4O2S. The van der Waals surface area contributed by atoms with Crippen LogP contribution in [0, 0.1) is 10.7 Å². The van der Waals surface area contributed by atoms with Gasteiger partial charge in [0.2, 0.25) is 5.16 Å². The molecule has 6 nitrogen and oxygen atoms in total. The van der Waals surface area contributed by atoms with E-state index >= 15 is 0 Å². The average Bonchev–Trinajstić information content (AvgIpc) is 2.19. The molecular weight excluding hydrogens is 216 g/mol. The molecule has 0 saturated carbocycles. The van der Waals surface area contributed by atoms with E-state index in [9.17, 15) is 0 Å². The Labute approximate surface area is 91.7 Å². The highest BCUT2D eigenvalue weighted by Gasteiger charge is 2.08.